The molecule has 2 aliphatic rings. The molecule has 1 aromatic carbocycles. The predicted octanol–water partition coefficient (Wildman–Crippen LogP) is 4.37. The van der Waals surface area contributed by atoms with Gasteiger partial charge in [-0.25, -0.2) is 9.18 Å². The molecule has 0 bridgehead atoms. The summed E-state index contributed by atoms with van der Waals surface area (Å²) in [6.07, 6.45) is 3.65. The summed E-state index contributed by atoms with van der Waals surface area (Å²) in [5, 5.41) is 15.0. The van der Waals surface area contributed by atoms with E-state index in [1.54, 1.807) is 37.8 Å². The van der Waals surface area contributed by atoms with Crippen molar-refractivity contribution in [3.05, 3.63) is 35.0 Å². The van der Waals surface area contributed by atoms with Crippen molar-refractivity contribution in [1.29, 1.82) is 0 Å². The second kappa shape index (κ2) is 15.4. The largest absolute Gasteiger partial charge is 0.493 e. The van der Waals surface area contributed by atoms with Gasteiger partial charge in [-0.15, -0.1) is 0 Å². The minimum absolute atomic E-state index is 0.0219. The van der Waals surface area contributed by atoms with Gasteiger partial charge < -0.3 is 41.1 Å². The number of nitrogens with two attached hydrogens (primary N) is 1. The van der Waals surface area contributed by atoms with Gasteiger partial charge in [-0.05, 0) is 82.8 Å². The third-order valence-corrected chi connectivity index (χ3v) is 7.73. The van der Waals surface area contributed by atoms with E-state index in [1.165, 1.54) is 11.0 Å². The molecule has 11 nitrogen and oxygen atoms in total. The van der Waals surface area contributed by atoms with Gasteiger partial charge in [0.05, 0.1) is 12.8 Å². The van der Waals surface area contributed by atoms with Crippen molar-refractivity contribution in [2.24, 2.45) is 17.6 Å². The Morgan fingerprint density at radius 1 is 1.14 bits per heavy atom. The zero-order valence-electron chi connectivity index (χ0n) is 26.2. The summed E-state index contributed by atoms with van der Waals surface area (Å²) >= 11 is 0. The van der Waals surface area contributed by atoms with Gasteiger partial charge >= 0.3 is 6.09 Å². The Bertz CT molecular complexity index is 1130. The maximum Gasteiger partial charge on any atom is 0.408 e. The van der Waals surface area contributed by atoms with Gasteiger partial charge in [0.15, 0.2) is 0 Å². The molecular formula is C31H48FN6O5-. The van der Waals surface area contributed by atoms with Crippen LogP contribution in [0.4, 0.5) is 14.0 Å². The smallest absolute Gasteiger partial charge is 0.408 e. The van der Waals surface area contributed by atoms with E-state index in [9.17, 15) is 19.8 Å². The van der Waals surface area contributed by atoms with Crippen LogP contribution in [-0.4, -0.2) is 77.7 Å². The molecule has 1 aromatic rings. The van der Waals surface area contributed by atoms with Crippen LogP contribution in [0.2, 0.25) is 0 Å². The number of carbonyl (C=O) groups excluding carboxylic acids is 3. The lowest BCUT2D eigenvalue weighted by Crippen LogP contribution is -2.53. The highest BCUT2D eigenvalue weighted by Crippen LogP contribution is 2.24. The number of rotatable bonds is 10. The summed E-state index contributed by atoms with van der Waals surface area (Å²) < 4.78 is 26.3. The van der Waals surface area contributed by atoms with Gasteiger partial charge in [-0.2, -0.15) is 0 Å². The number of carbonyl (C=O) groups is 3. The Kier molecular flexibility index (Phi) is 12.2. The van der Waals surface area contributed by atoms with Gasteiger partial charge in [-0.3, -0.25) is 9.59 Å². The van der Waals surface area contributed by atoms with Gasteiger partial charge in [0.2, 0.25) is 11.9 Å². The number of hydrogen-bond donors (Lipinski definition) is 3. The molecule has 4 N–H and O–H groups in total. The highest BCUT2D eigenvalue weighted by atomic mass is 19.1. The molecule has 0 aliphatic carbocycles. The summed E-state index contributed by atoms with van der Waals surface area (Å²) in [7, 11) is 0. The van der Waals surface area contributed by atoms with Gasteiger partial charge in [0, 0.05) is 32.1 Å². The average molecular weight is 604 g/mol. The fourth-order valence-electron chi connectivity index (χ4n) is 5.24. The van der Waals surface area contributed by atoms with Crippen LogP contribution < -0.4 is 21.1 Å². The Hall–Kier alpha value is -3.41. The summed E-state index contributed by atoms with van der Waals surface area (Å²) in [5.74, 6) is -0.199. The quantitative estimate of drug-likeness (QED) is 0.205. The molecule has 0 radical (unpaired) electrons. The highest BCUT2D eigenvalue weighted by Gasteiger charge is 2.33. The molecule has 43 heavy (non-hydrogen) atoms. The van der Waals surface area contributed by atoms with Gasteiger partial charge in [-0.1, -0.05) is 25.7 Å². The molecule has 2 fully saturated rings. The van der Waals surface area contributed by atoms with E-state index >= 15 is 4.39 Å². The molecule has 0 spiro atoms. The molecule has 2 atom stereocenters. The van der Waals surface area contributed by atoms with Crippen LogP contribution in [0.15, 0.2) is 18.2 Å². The number of alkyl carbamates (subject to hydrolysis) is 1. The molecule has 3 rings (SSSR count). The van der Waals surface area contributed by atoms with Crippen molar-refractivity contribution in [2.45, 2.75) is 97.4 Å². The number of hydrogen-bond acceptors (Lipinski definition) is 6. The number of likely N-dealkylation sites (tertiary alicyclic amines) is 2. The average Bonchev–Trinajstić information content (AvgIpc) is 3.36. The number of halogens is 1. The molecule has 2 aliphatic heterocycles. The van der Waals surface area contributed by atoms with Crippen LogP contribution in [0, 0.1) is 17.7 Å². The number of ether oxygens (including phenoxy) is 2. The van der Waals surface area contributed by atoms with Crippen LogP contribution in [-0.2, 0) is 16.0 Å². The first-order valence-corrected chi connectivity index (χ1v) is 15.3. The van der Waals surface area contributed by atoms with E-state index in [1.807, 2.05) is 13.8 Å². The first-order valence-electron chi connectivity index (χ1n) is 15.3. The van der Waals surface area contributed by atoms with E-state index in [-0.39, 0.29) is 35.7 Å². The molecule has 0 aromatic heterocycles. The zero-order chi connectivity index (χ0) is 31.7. The molecule has 0 saturated carbocycles. The number of nitrogens with zero attached hydrogens (tertiary/aromatic N) is 3. The zero-order valence-corrected chi connectivity index (χ0v) is 26.2. The lowest BCUT2D eigenvalue weighted by Gasteiger charge is -2.35. The van der Waals surface area contributed by atoms with E-state index in [4.69, 9.17) is 15.2 Å². The SMILES string of the molecule is CC(C)C(=[N-])NC(=O)N1CCC(CCCOc2ccc(C[C@H](NC(=O)OC(C)(C)C)C(=O)N3CCC[C@H]3N)c(F)c2)CC1. The van der Waals surface area contributed by atoms with Gasteiger partial charge in [0.1, 0.15) is 23.2 Å². The van der Waals surface area contributed by atoms with Crippen LogP contribution in [0.1, 0.15) is 78.7 Å². The van der Waals surface area contributed by atoms with Crippen LogP contribution in [0.5, 0.6) is 5.75 Å². The molecule has 2 heterocycles. The molecule has 2 saturated heterocycles. The third-order valence-electron chi connectivity index (χ3n) is 7.73. The topological polar surface area (TPSA) is 149 Å². The summed E-state index contributed by atoms with van der Waals surface area (Å²) in [5.41, 5.74) is 5.60. The van der Waals surface area contributed by atoms with Crippen molar-refractivity contribution >= 4 is 23.9 Å². The Morgan fingerprint density at radius 3 is 2.42 bits per heavy atom. The Morgan fingerprint density at radius 2 is 1.84 bits per heavy atom. The normalized spacial score (nSPS) is 18.4. The first kappa shape index (κ1) is 34.1. The summed E-state index contributed by atoms with van der Waals surface area (Å²) in [6, 6.07) is 3.23. The number of amides is 4. The van der Waals surface area contributed by atoms with Gasteiger partial charge in [0.25, 0.3) is 0 Å². The van der Waals surface area contributed by atoms with Crippen molar-refractivity contribution in [1.82, 2.24) is 20.4 Å². The van der Waals surface area contributed by atoms with Crippen molar-refractivity contribution in [3.8, 4) is 5.75 Å². The molecule has 240 valence electrons. The molecule has 0 unspecified atom stereocenters. The van der Waals surface area contributed by atoms with Crippen LogP contribution in [0.3, 0.4) is 0 Å². The minimum atomic E-state index is -1.03. The lowest BCUT2D eigenvalue weighted by molar-refractivity contribution is -0.134. The van der Waals surface area contributed by atoms with E-state index in [2.05, 4.69) is 10.6 Å². The second-order valence-electron chi connectivity index (χ2n) is 12.8. The maximum absolute atomic E-state index is 15.1. The van der Waals surface area contributed by atoms with Crippen molar-refractivity contribution in [2.75, 3.05) is 26.2 Å². The molecule has 4 amide bonds. The second-order valence-corrected chi connectivity index (χ2v) is 12.8. The minimum Gasteiger partial charge on any atom is -0.493 e. The molecule has 12 heteroatoms. The number of piperidine rings is 1. The number of amidine groups is 1. The number of benzene rings is 1. The third kappa shape index (κ3) is 10.7. The van der Waals surface area contributed by atoms with Crippen LogP contribution in [0.25, 0.3) is 5.41 Å². The summed E-state index contributed by atoms with van der Waals surface area (Å²) in [4.78, 5) is 41.3. The van der Waals surface area contributed by atoms with Crippen molar-refractivity contribution in [3.63, 3.8) is 0 Å². The lowest BCUT2D eigenvalue weighted by atomic mass is 9.92. The predicted molar refractivity (Wildman–Crippen MR) is 163 cm³/mol. The van der Waals surface area contributed by atoms with E-state index in [0.29, 0.717) is 44.3 Å². The standard InChI is InChI=1S/C31H48FN6O5/c1-20(2)27(34)36-29(40)37-15-12-21(13-16-37)8-7-17-42-23-11-10-22(24(32)19-23)18-25(35-30(41)43-31(3,4)5)28(39)38-14-6-9-26(38)33/h10-11,19-21,25-26H,6-9,12-18,33H2,1-5H3,(H2-,34,35,36,40,41)/q-1/t25-,26-/m0/s1. The van der Waals surface area contributed by atoms with E-state index in [0.717, 1.165) is 32.1 Å². The maximum atomic E-state index is 15.1. The fraction of sp³-hybridized carbons (Fsp3) is 0.677. The monoisotopic (exact) mass is 603 g/mol. The highest BCUT2D eigenvalue weighted by molar-refractivity contribution is 6.00. The first-order chi connectivity index (χ1) is 20.2. The Labute approximate surface area is 254 Å². The van der Waals surface area contributed by atoms with Crippen molar-refractivity contribution < 1.29 is 28.2 Å². The summed E-state index contributed by atoms with van der Waals surface area (Å²) in [6.45, 7) is 11.0. The number of urea groups is 1. The Balaban J connectivity index is 1.48. The molecular weight excluding hydrogens is 555 g/mol. The van der Waals surface area contributed by atoms with Crippen LogP contribution >= 0.6 is 0 Å². The van der Waals surface area contributed by atoms with E-state index < -0.39 is 29.7 Å². The fourth-order valence-corrected chi connectivity index (χ4v) is 5.24. The number of nitrogens with one attached hydrogen (secondary N) is 2.